The summed E-state index contributed by atoms with van der Waals surface area (Å²) in [4.78, 5) is 23.0. The molecule has 0 saturated heterocycles. The molecule has 3 rings (SSSR count). The van der Waals surface area contributed by atoms with Crippen LogP contribution in [-0.4, -0.2) is 24.5 Å². The number of nitriles is 1. The summed E-state index contributed by atoms with van der Waals surface area (Å²) in [5.74, 6) is 0.921. The fourth-order valence-electron chi connectivity index (χ4n) is 3.13. The first-order chi connectivity index (χ1) is 17.3. The summed E-state index contributed by atoms with van der Waals surface area (Å²) in [6, 6.07) is 18.1. The summed E-state index contributed by atoms with van der Waals surface area (Å²) in [6.07, 6.45) is 1.45. The van der Waals surface area contributed by atoms with Gasteiger partial charge in [-0.3, -0.25) is 14.9 Å². The highest BCUT2D eigenvalue weighted by Gasteiger charge is 2.15. The van der Waals surface area contributed by atoms with Crippen molar-refractivity contribution in [1.29, 1.82) is 5.26 Å². The number of hydrogen-bond acceptors (Lipinski definition) is 7. The predicted octanol–water partition coefficient (Wildman–Crippen LogP) is 5.89. The lowest BCUT2D eigenvalue weighted by Gasteiger charge is -2.15. The number of nitro benzene ring substituents is 1. The van der Waals surface area contributed by atoms with Crippen molar-refractivity contribution in [2.45, 2.75) is 13.5 Å². The molecule has 0 atom stereocenters. The standard InChI is InChI=1S/C26H22BrN3O6/c1-3-35-24-14-18(12-19(15-28)26(31)29-20-6-10-22(34-2)11-7-20)13-23(27)25(24)36-16-17-4-8-21(9-5-17)30(32)33/h4-14H,3,16H2,1-2H3,(H,29,31)/b19-12-. The highest BCUT2D eigenvalue weighted by Crippen LogP contribution is 2.38. The molecule has 0 heterocycles. The highest BCUT2D eigenvalue weighted by molar-refractivity contribution is 9.10. The quantitative estimate of drug-likeness (QED) is 0.144. The molecule has 36 heavy (non-hydrogen) atoms. The molecule has 0 aromatic heterocycles. The second-order valence-corrected chi connectivity index (χ2v) is 8.18. The van der Waals surface area contributed by atoms with E-state index in [0.29, 0.717) is 39.6 Å². The largest absolute Gasteiger partial charge is 0.497 e. The summed E-state index contributed by atoms with van der Waals surface area (Å²) in [6.45, 7) is 2.33. The third-order valence-electron chi connectivity index (χ3n) is 4.89. The number of methoxy groups -OCH3 is 1. The number of nitro groups is 1. The van der Waals surface area contributed by atoms with E-state index < -0.39 is 10.8 Å². The third kappa shape index (κ3) is 6.84. The van der Waals surface area contributed by atoms with E-state index in [1.54, 1.807) is 55.6 Å². The second-order valence-electron chi connectivity index (χ2n) is 7.33. The van der Waals surface area contributed by atoms with E-state index in [0.717, 1.165) is 5.56 Å². The van der Waals surface area contributed by atoms with Gasteiger partial charge in [-0.15, -0.1) is 0 Å². The van der Waals surface area contributed by atoms with Crippen molar-refractivity contribution >= 4 is 39.3 Å². The molecular weight excluding hydrogens is 530 g/mol. The lowest BCUT2D eigenvalue weighted by Crippen LogP contribution is -2.13. The molecule has 9 nitrogen and oxygen atoms in total. The Labute approximate surface area is 216 Å². The predicted molar refractivity (Wildman–Crippen MR) is 138 cm³/mol. The molecule has 0 unspecified atom stereocenters. The van der Waals surface area contributed by atoms with E-state index in [9.17, 15) is 20.2 Å². The lowest BCUT2D eigenvalue weighted by molar-refractivity contribution is -0.384. The van der Waals surface area contributed by atoms with Gasteiger partial charge < -0.3 is 19.5 Å². The number of carbonyl (C=O) groups is 1. The molecule has 0 fully saturated rings. The Balaban J connectivity index is 1.80. The average molecular weight is 552 g/mol. The molecule has 3 aromatic rings. The van der Waals surface area contributed by atoms with Gasteiger partial charge in [0.1, 0.15) is 24.0 Å². The maximum absolute atomic E-state index is 12.6. The summed E-state index contributed by atoms with van der Waals surface area (Å²) >= 11 is 3.47. The number of amides is 1. The molecule has 0 aliphatic carbocycles. The first-order valence-electron chi connectivity index (χ1n) is 10.7. The van der Waals surface area contributed by atoms with Crippen molar-refractivity contribution in [2.75, 3.05) is 19.0 Å². The number of anilines is 1. The van der Waals surface area contributed by atoms with Gasteiger partial charge in [-0.05, 0) is 88.6 Å². The topological polar surface area (TPSA) is 124 Å². The Kier molecular flexibility index (Phi) is 9.02. The van der Waals surface area contributed by atoms with Gasteiger partial charge in [-0.1, -0.05) is 0 Å². The summed E-state index contributed by atoms with van der Waals surface area (Å²) in [7, 11) is 1.55. The van der Waals surface area contributed by atoms with Gasteiger partial charge in [-0.25, -0.2) is 0 Å². The van der Waals surface area contributed by atoms with Crippen LogP contribution in [0.25, 0.3) is 6.08 Å². The SMILES string of the molecule is CCOc1cc(/C=C(/C#N)C(=O)Nc2ccc(OC)cc2)cc(Br)c1OCc1ccc([N+](=O)[O-])cc1. The first kappa shape index (κ1) is 26.2. The van der Waals surface area contributed by atoms with Gasteiger partial charge in [0.15, 0.2) is 11.5 Å². The Bertz CT molecular complexity index is 1320. The van der Waals surface area contributed by atoms with E-state index in [1.807, 2.05) is 13.0 Å². The number of non-ortho nitro benzene ring substituents is 1. The molecule has 3 aromatic carbocycles. The van der Waals surface area contributed by atoms with Gasteiger partial charge in [-0.2, -0.15) is 5.26 Å². The summed E-state index contributed by atoms with van der Waals surface area (Å²) < 4.78 is 17.3. The van der Waals surface area contributed by atoms with Crippen LogP contribution in [-0.2, 0) is 11.4 Å². The average Bonchev–Trinajstić information content (AvgIpc) is 2.87. The highest BCUT2D eigenvalue weighted by atomic mass is 79.9. The summed E-state index contributed by atoms with van der Waals surface area (Å²) in [5.41, 5.74) is 1.71. The second kappa shape index (κ2) is 12.4. The van der Waals surface area contributed by atoms with Crippen molar-refractivity contribution in [2.24, 2.45) is 0 Å². The molecule has 184 valence electrons. The minimum absolute atomic E-state index is 0.00426. The number of hydrogen-bond donors (Lipinski definition) is 1. The van der Waals surface area contributed by atoms with Crippen LogP contribution >= 0.6 is 15.9 Å². The number of benzene rings is 3. The van der Waals surface area contributed by atoms with Gasteiger partial charge >= 0.3 is 0 Å². The third-order valence-corrected chi connectivity index (χ3v) is 5.48. The fraction of sp³-hybridized carbons (Fsp3) is 0.154. The number of carbonyl (C=O) groups excluding carboxylic acids is 1. The number of halogens is 1. The van der Waals surface area contributed by atoms with Gasteiger partial charge in [0, 0.05) is 17.8 Å². The monoisotopic (exact) mass is 551 g/mol. The van der Waals surface area contributed by atoms with Crippen molar-refractivity contribution in [3.63, 3.8) is 0 Å². The number of rotatable bonds is 10. The van der Waals surface area contributed by atoms with Crippen molar-refractivity contribution in [3.05, 3.63) is 92.0 Å². The molecule has 10 heteroatoms. The molecule has 0 radical (unpaired) electrons. The Morgan fingerprint density at radius 2 is 1.83 bits per heavy atom. The van der Waals surface area contributed by atoms with Crippen LogP contribution in [0.5, 0.6) is 17.2 Å². The Hall–Kier alpha value is -4.36. The molecule has 0 aliphatic rings. The van der Waals surface area contributed by atoms with Crippen LogP contribution in [0.4, 0.5) is 11.4 Å². The molecule has 1 amide bonds. The number of nitrogens with one attached hydrogen (secondary N) is 1. The lowest BCUT2D eigenvalue weighted by atomic mass is 10.1. The Morgan fingerprint density at radius 1 is 1.14 bits per heavy atom. The maximum Gasteiger partial charge on any atom is 0.269 e. The van der Waals surface area contributed by atoms with Gasteiger partial charge in [0.2, 0.25) is 0 Å². The first-order valence-corrected chi connectivity index (χ1v) is 11.5. The van der Waals surface area contributed by atoms with Crippen LogP contribution in [0.1, 0.15) is 18.1 Å². The number of ether oxygens (including phenoxy) is 3. The zero-order valence-electron chi connectivity index (χ0n) is 19.5. The molecule has 1 N–H and O–H groups in total. The molecule has 0 aliphatic heterocycles. The van der Waals surface area contributed by atoms with E-state index in [-0.39, 0.29) is 17.9 Å². The van der Waals surface area contributed by atoms with Crippen LogP contribution in [0.2, 0.25) is 0 Å². The molecule has 0 saturated carbocycles. The number of nitrogens with zero attached hydrogens (tertiary/aromatic N) is 2. The maximum atomic E-state index is 12.6. The van der Waals surface area contributed by atoms with E-state index in [4.69, 9.17) is 14.2 Å². The molecule has 0 bridgehead atoms. The van der Waals surface area contributed by atoms with E-state index in [2.05, 4.69) is 21.2 Å². The van der Waals surface area contributed by atoms with Crippen molar-refractivity contribution in [3.8, 4) is 23.3 Å². The zero-order valence-corrected chi connectivity index (χ0v) is 21.1. The van der Waals surface area contributed by atoms with Crippen LogP contribution in [0.3, 0.4) is 0 Å². The minimum atomic E-state index is -0.560. The van der Waals surface area contributed by atoms with Crippen molar-refractivity contribution in [1.82, 2.24) is 0 Å². The zero-order chi connectivity index (χ0) is 26.1. The van der Waals surface area contributed by atoms with Crippen molar-refractivity contribution < 1.29 is 23.9 Å². The smallest absolute Gasteiger partial charge is 0.269 e. The van der Waals surface area contributed by atoms with E-state index in [1.165, 1.54) is 18.2 Å². The van der Waals surface area contributed by atoms with Crippen LogP contribution in [0.15, 0.2) is 70.7 Å². The van der Waals surface area contributed by atoms with Crippen LogP contribution < -0.4 is 19.5 Å². The summed E-state index contributed by atoms with van der Waals surface area (Å²) in [5, 5.41) is 23.1. The fourth-order valence-corrected chi connectivity index (χ4v) is 3.71. The van der Waals surface area contributed by atoms with Gasteiger partial charge in [0.05, 0.1) is 23.1 Å². The Morgan fingerprint density at radius 3 is 2.42 bits per heavy atom. The normalized spacial score (nSPS) is 10.8. The van der Waals surface area contributed by atoms with Gasteiger partial charge in [0.25, 0.3) is 11.6 Å². The van der Waals surface area contributed by atoms with E-state index >= 15 is 0 Å². The van der Waals surface area contributed by atoms with Crippen LogP contribution in [0, 0.1) is 21.4 Å². The minimum Gasteiger partial charge on any atom is -0.497 e. The molecular formula is C26H22BrN3O6. The molecule has 0 spiro atoms.